The first-order chi connectivity index (χ1) is 9.08. The first-order valence-electron chi connectivity index (χ1n) is 5.84. The van der Waals surface area contributed by atoms with Crippen LogP contribution < -0.4 is 15.8 Å². The third kappa shape index (κ3) is 3.91. The summed E-state index contributed by atoms with van der Waals surface area (Å²) in [7, 11) is 0. The molecule has 0 radical (unpaired) electrons. The number of nitrogens with two attached hydrogens (primary N) is 1. The highest BCUT2D eigenvalue weighted by Gasteiger charge is 2.04. The Hall–Kier alpha value is -1.14. The quantitative estimate of drug-likeness (QED) is 0.591. The molecule has 3 nitrogen and oxygen atoms in total. The largest absolute Gasteiger partial charge is 0.494 e. The Balaban J connectivity index is 2.27. The maximum atomic E-state index is 6.19. The van der Waals surface area contributed by atoms with E-state index in [4.69, 9.17) is 22.1 Å². The van der Waals surface area contributed by atoms with Gasteiger partial charge in [-0.15, -0.1) is 0 Å². The van der Waals surface area contributed by atoms with E-state index in [-0.39, 0.29) is 0 Å². The lowest BCUT2D eigenvalue weighted by atomic mass is 10.2. The first-order valence-corrected chi connectivity index (χ1v) is 7.29. The molecule has 5 heteroatoms. The molecule has 0 atom stereocenters. The molecule has 0 aliphatic rings. The smallest absolute Gasteiger partial charge is 0.123 e. The van der Waals surface area contributed by atoms with Gasteiger partial charge >= 0.3 is 0 Å². The first kappa shape index (κ1) is 14.3. The van der Waals surface area contributed by atoms with Crippen molar-refractivity contribution in [1.82, 2.24) is 0 Å². The molecule has 2 rings (SSSR count). The molecule has 0 heterocycles. The van der Waals surface area contributed by atoms with Crippen molar-refractivity contribution in [3.05, 3.63) is 45.0 Å². The van der Waals surface area contributed by atoms with Crippen molar-refractivity contribution in [3.63, 3.8) is 0 Å². The van der Waals surface area contributed by atoms with Gasteiger partial charge in [0.2, 0.25) is 0 Å². The second-order valence-corrected chi connectivity index (χ2v) is 5.63. The number of anilines is 3. The minimum atomic E-state index is 0.604. The molecule has 19 heavy (non-hydrogen) atoms. The molecular weight excluding hydrogens is 375 g/mol. The molecule has 2 aromatic rings. The van der Waals surface area contributed by atoms with Crippen LogP contribution in [0.2, 0.25) is 5.02 Å². The zero-order valence-electron chi connectivity index (χ0n) is 10.4. The third-order valence-corrected chi connectivity index (χ3v) is 3.43. The third-order valence-electron chi connectivity index (χ3n) is 2.45. The lowest BCUT2D eigenvalue weighted by Crippen LogP contribution is -1.97. The normalized spacial score (nSPS) is 10.3. The molecule has 0 spiro atoms. The highest BCUT2D eigenvalue weighted by molar-refractivity contribution is 14.1. The van der Waals surface area contributed by atoms with Gasteiger partial charge in [-0.25, -0.2) is 0 Å². The van der Waals surface area contributed by atoms with Crippen LogP contribution in [0.15, 0.2) is 36.4 Å². The van der Waals surface area contributed by atoms with Gasteiger partial charge in [0.15, 0.2) is 0 Å². The second-order valence-electron chi connectivity index (χ2n) is 3.97. The molecular formula is C14H14ClIN2O. The van der Waals surface area contributed by atoms with Crippen molar-refractivity contribution in [2.45, 2.75) is 6.92 Å². The zero-order chi connectivity index (χ0) is 13.8. The molecule has 0 aliphatic heterocycles. The van der Waals surface area contributed by atoms with Crippen LogP contribution in [0.3, 0.4) is 0 Å². The molecule has 0 unspecified atom stereocenters. The number of benzene rings is 2. The molecule has 0 saturated heterocycles. The van der Waals surface area contributed by atoms with Gasteiger partial charge in [0.1, 0.15) is 5.75 Å². The molecule has 0 bridgehead atoms. The highest BCUT2D eigenvalue weighted by atomic mass is 127. The Kier molecular flexibility index (Phi) is 4.76. The van der Waals surface area contributed by atoms with Gasteiger partial charge in [-0.2, -0.15) is 0 Å². The van der Waals surface area contributed by atoms with E-state index in [0.717, 1.165) is 20.7 Å². The Labute approximate surface area is 131 Å². The number of nitrogen functional groups attached to an aromatic ring is 1. The van der Waals surface area contributed by atoms with Gasteiger partial charge in [-0.3, -0.25) is 0 Å². The van der Waals surface area contributed by atoms with Crippen LogP contribution in [-0.2, 0) is 0 Å². The summed E-state index contributed by atoms with van der Waals surface area (Å²) in [5.74, 6) is 0.742. The van der Waals surface area contributed by atoms with Gasteiger partial charge in [0.05, 0.1) is 17.3 Å². The minimum absolute atomic E-state index is 0.604. The summed E-state index contributed by atoms with van der Waals surface area (Å²) in [5.41, 5.74) is 8.20. The van der Waals surface area contributed by atoms with E-state index < -0.39 is 0 Å². The van der Waals surface area contributed by atoms with E-state index >= 15 is 0 Å². The summed E-state index contributed by atoms with van der Waals surface area (Å²) in [6, 6.07) is 11.4. The zero-order valence-corrected chi connectivity index (χ0v) is 13.3. The molecule has 0 amide bonds. The van der Waals surface area contributed by atoms with Crippen LogP contribution >= 0.6 is 34.2 Å². The average Bonchev–Trinajstić information content (AvgIpc) is 2.32. The minimum Gasteiger partial charge on any atom is -0.494 e. The van der Waals surface area contributed by atoms with Crippen molar-refractivity contribution in [2.75, 3.05) is 17.7 Å². The number of hydrogen-bond acceptors (Lipinski definition) is 3. The number of ether oxygens (including phenoxy) is 1. The van der Waals surface area contributed by atoms with E-state index in [1.54, 1.807) is 6.07 Å². The van der Waals surface area contributed by atoms with Crippen LogP contribution in [0.25, 0.3) is 0 Å². The SMILES string of the molecule is CCOc1cc(N)cc(Nc2ccc(I)cc2Cl)c1. The van der Waals surface area contributed by atoms with E-state index in [9.17, 15) is 0 Å². The van der Waals surface area contributed by atoms with Gasteiger partial charge in [-0.05, 0) is 53.8 Å². The molecule has 0 aliphatic carbocycles. The summed E-state index contributed by atoms with van der Waals surface area (Å²) < 4.78 is 6.55. The maximum absolute atomic E-state index is 6.19. The van der Waals surface area contributed by atoms with E-state index in [1.165, 1.54) is 0 Å². The molecule has 2 aromatic carbocycles. The van der Waals surface area contributed by atoms with Crippen molar-refractivity contribution in [2.24, 2.45) is 0 Å². The van der Waals surface area contributed by atoms with Crippen molar-refractivity contribution >= 4 is 51.3 Å². The van der Waals surface area contributed by atoms with Crippen LogP contribution in [0.1, 0.15) is 6.92 Å². The molecule has 0 saturated carbocycles. The Morgan fingerprint density at radius 3 is 2.74 bits per heavy atom. The van der Waals surface area contributed by atoms with Crippen LogP contribution in [0, 0.1) is 3.57 Å². The standard InChI is InChI=1S/C14H14ClIN2O/c1-2-19-12-7-10(17)6-11(8-12)18-14-4-3-9(16)5-13(14)15/h3-8,18H,2,17H2,1H3. The molecule has 0 fully saturated rings. The number of halogens is 2. The van der Waals surface area contributed by atoms with Gasteiger partial charge in [0.25, 0.3) is 0 Å². The summed E-state index contributed by atoms with van der Waals surface area (Å²) in [6.07, 6.45) is 0. The van der Waals surface area contributed by atoms with Crippen LogP contribution in [0.4, 0.5) is 17.1 Å². The summed E-state index contributed by atoms with van der Waals surface area (Å²) in [4.78, 5) is 0. The number of nitrogens with one attached hydrogen (secondary N) is 1. The van der Waals surface area contributed by atoms with E-state index in [1.807, 2.05) is 37.3 Å². The summed E-state index contributed by atoms with van der Waals surface area (Å²) >= 11 is 8.41. The fraction of sp³-hybridized carbons (Fsp3) is 0.143. The summed E-state index contributed by atoms with van der Waals surface area (Å²) in [6.45, 7) is 2.54. The Bertz CT molecular complexity index is 590. The van der Waals surface area contributed by atoms with Crippen LogP contribution in [0.5, 0.6) is 5.75 Å². The van der Waals surface area contributed by atoms with Gasteiger partial charge < -0.3 is 15.8 Å². The predicted molar refractivity (Wildman–Crippen MR) is 89.5 cm³/mol. The van der Waals surface area contributed by atoms with Gasteiger partial charge in [-0.1, -0.05) is 11.6 Å². The molecule has 100 valence electrons. The number of hydrogen-bond donors (Lipinski definition) is 2. The monoisotopic (exact) mass is 388 g/mol. The highest BCUT2D eigenvalue weighted by Crippen LogP contribution is 2.30. The lowest BCUT2D eigenvalue weighted by molar-refractivity contribution is 0.340. The average molecular weight is 389 g/mol. The van der Waals surface area contributed by atoms with Crippen LogP contribution in [-0.4, -0.2) is 6.61 Å². The Morgan fingerprint density at radius 1 is 1.26 bits per heavy atom. The van der Waals surface area contributed by atoms with E-state index in [0.29, 0.717) is 17.3 Å². The fourth-order valence-corrected chi connectivity index (χ4v) is 2.59. The van der Waals surface area contributed by atoms with Crippen molar-refractivity contribution in [3.8, 4) is 5.75 Å². The lowest BCUT2D eigenvalue weighted by Gasteiger charge is -2.11. The Morgan fingerprint density at radius 2 is 2.05 bits per heavy atom. The maximum Gasteiger partial charge on any atom is 0.123 e. The number of rotatable bonds is 4. The van der Waals surface area contributed by atoms with Crippen molar-refractivity contribution < 1.29 is 4.74 Å². The predicted octanol–water partition coefficient (Wildman–Crippen LogP) is 4.67. The fourth-order valence-electron chi connectivity index (χ4n) is 1.69. The topological polar surface area (TPSA) is 47.3 Å². The van der Waals surface area contributed by atoms with Gasteiger partial charge in [0, 0.05) is 27.1 Å². The second kappa shape index (κ2) is 6.34. The molecule has 3 N–H and O–H groups in total. The van der Waals surface area contributed by atoms with Crippen molar-refractivity contribution in [1.29, 1.82) is 0 Å². The van der Waals surface area contributed by atoms with E-state index in [2.05, 4.69) is 27.9 Å². The molecule has 0 aromatic heterocycles. The summed E-state index contributed by atoms with van der Waals surface area (Å²) in [5, 5.41) is 3.92.